The van der Waals surface area contributed by atoms with Gasteiger partial charge in [0.2, 0.25) is 0 Å². The lowest BCUT2D eigenvalue weighted by atomic mass is 10.2. The highest BCUT2D eigenvalue weighted by atomic mass is 32.2. The second-order valence-electron chi connectivity index (χ2n) is 4.08. The van der Waals surface area contributed by atoms with E-state index < -0.39 is 0 Å². The lowest BCUT2D eigenvalue weighted by molar-refractivity contribution is 0.358. The van der Waals surface area contributed by atoms with Gasteiger partial charge in [0, 0.05) is 12.1 Å². The molecule has 0 saturated heterocycles. The molecule has 0 aromatic heterocycles. The zero-order valence-corrected chi connectivity index (χ0v) is 12.0. The van der Waals surface area contributed by atoms with Gasteiger partial charge >= 0.3 is 0 Å². The fraction of sp³-hybridized carbons (Fsp3) is 0.467. The summed E-state index contributed by atoms with van der Waals surface area (Å²) in [5.74, 6) is 2.20. The molecule has 0 fully saturated rings. The Morgan fingerprint density at radius 3 is 2.94 bits per heavy atom. The van der Waals surface area contributed by atoms with Crippen LogP contribution in [0.25, 0.3) is 0 Å². The second kappa shape index (κ2) is 10.0. The van der Waals surface area contributed by atoms with Gasteiger partial charge in [-0.25, -0.2) is 0 Å². The first-order chi connectivity index (χ1) is 8.88. The maximum Gasteiger partial charge on any atom is 0.124 e. The van der Waals surface area contributed by atoms with Crippen molar-refractivity contribution in [2.45, 2.75) is 19.4 Å². The van der Waals surface area contributed by atoms with Crippen LogP contribution in [-0.4, -0.2) is 25.2 Å². The van der Waals surface area contributed by atoms with Crippen LogP contribution in [-0.2, 0) is 6.54 Å². The lowest BCUT2D eigenvalue weighted by Gasteiger charge is -2.10. The first-order valence-corrected chi connectivity index (χ1v) is 7.79. The van der Waals surface area contributed by atoms with Crippen LogP contribution in [0.5, 0.6) is 5.75 Å². The highest BCUT2D eigenvalue weighted by Crippen LogP contribution is 2.17. The average molecular weight is 265 g/mol. The van der Waals surface area contributed by atoms with E-state index in [1.165, 1.54) is 24.2 Å². The number of ether oxygens (including phenoxy) is 1. The monoisotopic (exact) mass is 265 g/mol. The Labute approximate surface area is 115 Å². The number of unbranched alkanes of at least 4 members (excludes halogenated alkanes) is 1. The van der Waals surface area contributed by atoms with Crippen molar-refractivity contribution in [1.82, 2.24) is 5.32 Å². The van der Waals surface area contributed by atoms with Crippen molar-refractivity contribution in [3.05, 3.63) is 42.5 Å². The van der Waals surface area contributed by atoms with E-state index in [4.69, 9.17) is 4.74 Å². The molecule has 0 atom stereocenters. The molecular weight excluding hydrogens is 242 g/mol. The zero-order chi connectivity index (χ0) is 13.1. The molecule has 1 aromatic rings. The van der Waals surface area contributed by atoms with Crippen LogP contribution in [0.3, 0.4) is 0 Å². The Kier molecular flexibility index (Phi) is 8.43. The van der Waals surface area contributed by atoms with Crippen molar-refractivity contribution in [3.8, 4) is 5.75 Å². The molecule has 0 aliphatic carbocycles. The summed E-state index contributed by atoms with van der Waals surface area (Å²) in [5, 5.41) is 3.46. The molecule has 1 N–H and O–H groups in total. The maximum atomic E-state index is 5.62. The fourth-order valence-corrected chi connectivity index (χ4v) is 2.15. The van der Waals surface area contributed by atoms with Crippen molar-refractivity contribution in [1.29, 1.82) is 0 Å². The Morgan fingerprint density at radius 1 is 1.33 bits per heavy atom. The van der Waals surface area contributed by atoms with Crippen LogP contribution in [0, 0.1) is 0 Å². The van der Waals surface area contributed by atoms with Gasteiger partial charge in [0.1, 0.15) is 12.4 Å². The summed E-state index contributed by atoms with van der Waals surface area (Å²) in [5.41, 5.74) is 1.21. The largest absolute Gasteiger partial charge is 0.489 e. The Morgan fingerprint density at radius 2 is 2.17 bits per heavy atom. The van der Waals surface area contributed by atoms with Gasteiger partial charge in [-0.15, -0.1) is 0 Å². The van der Waals surface area contributed by atoms with Crippen molar-refractivity contribution < 1.29 is 4.74 Å². The summed E-state index contributed by atoms with van der Waals surface area (Å²) in [6, 6.07) is 8.16. The van der Waals surface area contributed by atoms with Gasteiger partial charge in [-0.05, 0) is 37.5 Å². The zero-order valence-electron chi connectivity index (χ0n) is 11.2. The molecule has 100 valence electrons. The van der Waals surface area contributed by atoms with E-state index in [2.05, 4.69) is 24.2 Å². The lowest BCUT2D eigenvalue weighted by Crippen LogP contribution is -2.15. The van der Waals surface area contributed by atoms with E-state index in [0.29, 0.717) is 6.61 Å². The van der Waals surface area contributed by atoms with Gasteiger partial charge in [0.15, 0.2) is 0 Å². The molecule has 18 heavy (non-hydrogen) atoms. The normalized spacial score (nSPS) is 10.3. The van der Waals surface area contributed by atoms with Crippen LogP contribution in [0.2, 0.25) is 0 Å². The average Bonchev–Trinajstić information content (AvgIpc) is 2.41. The third-order valence-electron chi connectivity index (χ3n) is 2.60. The molecule has 0 bridgehead atoms. The molecular formula is C15H23NOS. The number of benzene rings is 1. The summed E-state index contributed by atoms with van der Waals surface area (Å²) in [7, 11) is 0. The molecule has 1 aromatic carbocycles. The molecule has 3 heteroatoms. The van der Waals surface area contributed by atoms with E-state index in [9.17, 15) is 0 Å². The molecule has 0 amide bonds. The van der Waals surface area contributed by atoms with Crippen LogP contribution in [0.1, 0.15) is 18.4 Å². The molecule has 0 aliphatic rings. The third-order valence-corrected chi connectivity index (χ3v) is 3.29. The number of hydrogen-bond acceptors (Lipinski definition) is 3. The van der Waals surface area contributed by atoms with Gasteiger partial charge in [-0.2, -0.15) is 11.8 Å². The van der Waals surface area contributed by atoms with Gasteiger partial charge in [-0.3, -0.25) is 0 Å². The van der Waals surface area contributed by atoms with Gasteiger partial charge in [-0.1, -0.05) is 30.9 Å². The minimum Gasteiger partial charge on any atom is -0.489 e. The van der Waals surface area contributed by atoms with E-state index >= 15 is 0 Å². The Balaban J connectivity index is 2.29. The number of nitrogens with one attached hydrogen (secondary N) is 1. The molecule has 1 rings (SSSR count). The van der Waals surface area contributed by atoms with Crippen LogP contribution >= 0.6 is 11.8 Å². The number of thioether (sulfide) groups is 1. The maximum absolute atomic E-state index is 5.62. The Bertz CT molecular complexity index is 341. The van der Waals surface area contributed by atoms with Gasteiger partial charge < -0.3 is 10.1 Å². The smallest absolute Gasteiger partial charge is 0.124 e. The molecule has 0 spiro atoms. The van der Waals surface area contributed by atoms with Gasteiger partial charge in [0.25, 0.3) is 0 Å². The number of rotatable bonds is 10. The first-order valence-electron chi connectivity index (χ1n) is 6.39. The molecule has 0 heterocycles. The standard InChI is InChI=1S/C15H23NOS/c1-3-11-17-15-9-5-4-8-14(15)13-16-10-6-7-12-18-2/h3-5,8-9,16H,1,6-7,10-13H2,2H3. The summed E-state index contributed by atoms with van der Waals surface area (Å²) < 4.78 is 5.62. The summed E-state index contributed by atoms with van der Waals surface area (Å²) in [6.45, 7) is 6.16. The van der Waals surface area contributed by atoms with Crippen molar-refractivity contribution in [2.24, 2.45) is 0 Å². The number of para-hydroxylation sites is 1. The Hall–Kier alpha value is -0.930. The van der Waals surface area contributed by atoms with Crippen molar-refractivity contribution in [2.75, 3.05) is 25.2 Å². The van der Waals surface area contributed by atoms with E-state index in [0.717, 1.165) is 18.8 Å². The highest BCUT2D eigenvalue weighted by molar-refractivity contribution is 7.98. The van der Waals surface area contributed by atoms with Crippen LogP contribution in [0.4, 0.5) is 0 Å². The van der Waals surface area contributed by atoms with Crippen LogP contribution < -0.4 is 10.1 Å². The quantitative estimate of drug-likeness (QED) is 0.517. The summed E-state index contributed by atoms with van der Waals surface area (Å²) in [6.07, 6.45) is 6.44. The van der Waals surface area contributed by atoms with Crippen molar-refractivity contribution in [3.63, 3.8) is 0 Å². The van der Waals surface area contributed by atoms with E-state index in [1.807, 2.05) is 30.0 Å². The molecule has 0 radical (unpaired) electrons. The SMILES string of the molecule is C=CCOc1ccccc1CNCCCCSC. The molecule has 0 saturated carbocycles. The predicted octanol–water partition coefficient (Wildman–Crippen LogP) is 3.48. The van der Waals surface area contributed by atoms with Crippen molar-refractivity contribution >= 4 is 11.8 Å². The number of hydrogen-bond donors (Lipinski definition) is 1. The predicted molar refractivity (Wildman–Crippen MR) is 81.5 cm³/mol. The molecule has 0 aliphatic heterocycles. The molecule has 0 unspecified atom stereocenters. The highest BCUT2D eigenvalue weighted by Gasteiger charge is 2.01. The minimum absolute atomic E-state index is 0.560. The molecule has 2 nitrogen and oxygen atoms in total. The van der Waals surface area contributed by atoms with E-state index in [1.54, 1.807) is 6.08 Å². The summed E-state index contributed by atoms with van der Waals surface area (Å²) in [4.78, 5) is 0. The van der Waals surface area contributed by atoms with Crippen LogP contribution in [0.15, 0.2) is 36.9 Å². The topological polar surface area (TPSA) is 21.3 Å². The van der Waals surface area contributed by atoms with E-state index in [-0.39, 0.29) is 0 Å². The summed E-state index contributed by atoms with van der Waals surface area (Å²) >= 11 is 1.91. The fourth-order valence-electron chi connectivity index (χ4n) is 1.66. The van der Waals surface area contributed by atoms with Gasteiger partial charge in [0.05, 0.1) is 0 Å². The minimum atomic E-state index is 0.560. The second-order valence-corrected chi connectivity index (χ2v) is 5.07. The first kappa shape index (κ1) is 15.1. The third kappa shape index (κ3) is 6.12.